The van der Waals surface area contributed by atoms with Gasteiger partial charge < -0.3 is 5.32 Å². The number of nitrogens with zero attached hydrogens (tertiary/aromatic N) is 2. The highest BCUT2D eigenvalue weighted by Crippen LogP contribution is 2.30. The van der Waals surface area contributed by atoms with Crippen LogP contribution in [0.4, 0.5) is 0 Å². The van der Waals surface area contributed by atoms with Crippen molar-refractivity contribution < 1.29 is 4.79 Å². The number of carbonyl (C=O) groups excluding carboxylic acids is 1. The van der Waals surface area contributed by atoms with Gasteiger partial charge in [-0.2, -0.15) is 5.10 Å². The number of nitrogens with one attached hydrogen (secondary N) is 1. The van der Waals surface area contributed by atoms with Gasteiger partial charge >= 0.3 is 0 Å². The summed E-state index contributed by atoms with van der Waals surface area (Å²) in [7, 11) is 1.97. The van der Waals surface area contributed by atoms with Crippen LogP contribution in [0, 0.1) is 13.8 Å². The van der Waals surface area contributed by atoms with Crippen molar-refractivity contribution in [2.45, 2.75) is 52.0 Å². The minimum atomic E-state index is -0.0460. The van der Waals surface area contributed by atoms with Gasteiger partial charge in [-0.15, -0.1) is 0 Å². The maximum absolute atomic E-state index is 11.5. The molecule has 94 valence electrons. The molecule has 4 nitrogen and oxygen atoms in total. The quantitative estimate of drug-likeness (QED) is 0.865. The standard InChI is InChI=1S/C13H21N3O/c1-5-13(7-6-12(17)14-13)8-11-9(2)15-16(4)10(11)3/h5-8H2,1-4H3,(H,14,17). The molecule has 1 aliphatic heterocycles. The highest BCUT2D eigenvalue weighted by Gasteiger charge is 2.37. The van der Waals surface area contributed by atoms with Gasteiger partial charge in [0.25, 0.3) is 0 Å². The van der Waals surface area contributed by atoms with Gasteiger partial charge in [-0.3, -0.25) is 9.48 Å². The fourth-order valence-corrected chi connectivity index (χ4v) is 2.71. The molecule has 17 heavy (non-hydrogen) atoms. The molecule has 0 bridgehead atoms. The first-order valence-electron chi connectivity index (χ1n) is 6.27. The number of aromatic nitrogens is 2. The predicted molar refractivity (Wildman–Crippen MR) is 66.8 cm³/mol. The Morgan fingerprint density at radius 2 is 2.18 bits per heavy atom. The third-order valence-corrected chi connectivity index (χ3v) is 4.09. The van der Waals surface area contributed by atoms with Gasteiger partial charge in [-0.1, -0.05) is 6.92 Å². The molecule has 0 aromatic carbocycles. The van der Waals surface area contributed by atoms with E-state index < -0.39 is 0 Å². The van der Waals surface area contributed by atoms with Crippen molar-refractivity contribution in [1.29, 1.82) is 0 Å². The largest absolute Gasteiger partial charge is 0.350 e. The summed E-state index contributed by atoms with van der Waals surface area (Å²) in [5.41, 5.74) is 3.53. The Morgan fingerprint density at radius 3 is 2.59 bits per heavy atom. The van der Waals surface area contributed by atoms with Crippen LogP contribution in [-0.2, 0) is 18.3 Å². The van der Waals surface area contributed by atoms with Gasteiger partial charge in [0.15, 0.2) is 0 Å². The van der Waals surface area contributed by atoms with Crippen LogP contribution in [0.3, 0.4) is 0 Å². The first-order valence-corrected chi connectivity index (χ1v) is 6.27. The number of carbonyl (C=O) groups is 1. The van der Waals surface area contributed by atoms with Crippen molar-refractivity contribution in [1.82, 2.24) is 15.1 Å². The summed E-state index contributed by atoms with van der Waals surface area (Å²) in [6.45, 7) is 6.28. The summed E-state index contributed by atoms with van der Waals surface area (Å²) in [4.78, 5) is 11.5. The van der Waals surface area contributed by atoms with Crippen LogP contribution in [0.15, 0.2) is 0 Å². The van der Waals surface area contributed by atoms with Crippen LogP contribution in [0.1, 0.15) is 43.1 Å². The van der Waals surface area contributed by atoms with Crippen molar-refractivity contribution >= 4 is 5.91 Å². The first-order chi connectivity index (χ1) is 7.97. The number of hydrogen-bond acceptors (Lipinski definition) is 2. The number of rotatable bonds is 3. The summed E-state index contributed by atoms with van der Waals surface area (Å²) < 4.78 is 1.92. The molecule has 4 heteroatoms. The van der Waals surface area contributed by atoms with Crippen molar-refractivity contribution in [2.75, 3.05) is 0 Å². The SMILES string of the molecule is CCC1(Cc2c(C)nn(C)c2C)CCC(=O)N1. The molecule has 1 aliphatic rings. The van der Waals surface area contributed by atoms with Crippen molar-refractivity contribution in [2.24, 2.45) is 7.05 Å². The van der Waals surface area contributed by atoms with Gasteiger partial charge in [-0.05, 0) is 38.7 Å². The molecule has 2 rings (SSSR count). The zero-order valence-corrected chi connectivity index (χ0v) is 11.1. The molecule has 1 saturated heterocycles. The van der Waals surface area contributed by atoms with E-state index in [1.807, 2.05) is 18.7 Å². The van der Waals surface area contributed by atoms with Crippen LogP contribution >= 0.6 is 0 Å². The van der Waals surface area contributed by atoms with E-state index in [0.29, 0.717) is 6.42 Å². The van der Waals surface area contributed by atoms with Gasteiger partial charge in [-0.25, -0.2) is 0 Å². The highest BCUT2D eigenvalue weighted by molar-refractivity contribution is 5.79. The van der Waals surface area contributed by atoms with E-state index in [1.165, 1.54) is 11.3 Å². The van der Waals surface area contributed by atoms with Crippen molar-refractivity contribution in [3.63, 3.8) is 0 Å². The monoisotopic (exact) mass is 235 g/mol. The molecule has 2 heterocycles. The average molecular weight is 235 g/mol. The number of hydrogen-bond donors (Lipinski definition) is 1. The zero-order chi connectivity index (χ0) is 12.6. The Labute approximate surface area is 102 Å². The van der Waals surface area contributed by atoms with Crippen LogP contribution in [0.2, 0.25) is 0 Å². The Hall–Kier alpha value is -1.32. The van der Waals surface area contributed by atoms with Crippen LogP contribution in [0.5, 0.6) is 0 Å². The minimum absolute atomic E-state index is 0.0460. The molecule has 0 aliphatic carbocycles. The van der Waals surface area contributed by atoms with E-state index in [-0.39, 0.29) is 11.4 Å². The second-order valence-electron chi connectivity index (χ2n) is 5.13. The number of amides is 1. The molecule has 1 aromatic rings. The lowest BCUT2D eigenvalue weighted by atomic mass is 9.86. The van der Waals surface area contributed by atoms with Crippen LogP contribution in [-0.4, -0.2) is 21.2 Å². The Bertz CT molecular complexity index is 450. The molecule has 1 atom stereocenters. The molecule has 1 unspecified atom stereocenters. The number of aryl methyl sites for hydroxylation is 2. The summed E-state index contributed by atoms with van der Waals surface area (Å²) in [6, 6.07) is 0. The lowest BCUT2D eigenvalue weighted by molar-refractivity contribution is -0.119. The molecular weight excluding hydrogens is 214 g/mol. The van der Waals surface area contributed by atoms with E-state index in [0.717, 1.165) is 25.0 Å². The van der Waals surface area contributed by atoms with Crippen molar-refractivity contribution in [3.05, 3.63) is 17.0 Å². The Kier molecular flexibility index (Phi) is 2.98. The highest BCUT2D eigenvalue weighted by atomic mass is 16.2. The third kappa shape index (κ3) is 2.08. The van der Waals surface area contributed by atoms with Crippen LogP contribution in [0.25, 0.3) is 0 Å². The van der Waals surface area contributed by atoms with Gasteiger partial charge in [0, 0.05) is 24.7 Å². The third-order valence-electron chi connectivity index (χ3n) is 4.09. The second-order valence-corrected chi connectivity index (χ2v) is 5.13. The molecule has 0 saturated carbocycles. The molecule has 0 radical (unpaired) electrons. The topological polar surface area (TPSA) is 46.9 Å². The average Bonchev–Trinajstić information content (AvgIpc) is 2.76. The molecule has 1 N–H and O–H groups in total. The maximum atomic E-state index is 11.5. The Balaban J connectivity index is 2.27. The fourth-order valence-electron chi connectivity index (χ4n) is 2.71. The lowest BCUT2D eigenvalue weighted by Crippen LogP contribution is -2.43. The maximum Gasteiger partial charge on any atom is 0.220 e. The van der Waals surface area contributed by atoms with Crippen LogP contribution < -0.4 is 5.32 Å². The lowest BCUT2D eigenvalue weighted by Gasteiger charge is -2.28. The van der Waals surface area contributed by atoms with Crippen molar-refractivity contribution in [3.8, 4) is 0 Å². The van der Waals surface area contributed by atoms with E-state index >= 15 is 0 Å². The van der Waals surface area contributed by atoms with E-state index in [2.05, 4.69) is 24.3 Å². The van der Waals surface area contributed by atoms with E-state index in [4.69, 9.17) is 0 Å². The summed E-state index contributed by atoms with van der Waals surface area (Å²) in [5.74, 6) is 0.186. The molecule has 1 amide bonds. The normalized spacial score (nSPS) is 24.1. The smallest absolute Gasteiger partial charge is 0.220 e. The summed E-state index contributed by atoms with van der Waals surface area (Å²) >= 11 is 0. The Morgan fingerprint density at radius 1 is 1.47 bits per heavy atom. The zero-order valence-electron chi connectivity index (χ0n) is 11.1. The molecule has 0 spiro atoms. The molecule has 1 aromatic heterocycles. The summed E-state index contributed by atoms with van der Waals surface area (Å²) in [5, 5.41) is 7.59. The first kappa shape index (κ1) is 12.1. The second kappa shape index (κ2) is 4.17. The molecular formula is C13H21N3O. The molecule has 1 fully saturated rings. The predicted octanol–water partition coefficient (Wildman–Crippen LogP) is 1.64. The summed E-state index contributed by atoms with van der Waals surface area (Å²) in [6.07, 6.45) is 3.48. The fraction of sp³-hybridized carbons (Fsp3) is 0.692. The van der Waals surface area contributed by atoms with E-state index in [1.54, 1.807) is 0 Å². The minimum Gasteiger partial charge on any atom is -0.350 e. The van der Waals surface area contributed by atoms with Gasteiger partial charge in [0.2, 0.25) is 5.91 Å². The van der Waals surface area contributed by atoms with Gasteiger partial charge in [0.05, 0.1) is 5.69 Å². The van der Waals surface area contributed by atoms with Gasteiger partial charge in [0.1, 0.15) is 0 Å². The van der Waals surface area contributed by atoms with E-state index in [9.17, 15) is 4.79 Å².